The van der Waals surface area contributed by atoms with Crippen molar-refractivity contribution in [2.75, 3.05) is 18.5 Å². The van der Waals surface area contributed by atoms with Gasteiger partial charge in [-0.3, -0.25) is 0 Å². The number of para-hydroxylation sites is 1. The molecule has 2 rings (SSSR count). The number of anilines is 1. The summed E-state index contributed by atoms with van der Waals surface area (Å²) in [4.78, 5) is 2.18. The summed E-state index contributed by atoms with van der Waals surface area (Å²) in [6.07, 6.45) is 0. The second kappa shape index (κ2) is 7.69. The zero-order valence-electron chi connectivity index (χ0n) is 12.4. The minimum absolute atomic E-state index is 0.756. The average molecular weight is 323 g/mol. The zero-order valence-corrected chi connectivity index (χ0v) is 13.9. The van der Waals surface area contributed by atoms with Crippen molar-refractivity contribution in [2.45, 2.75) is 20.0 Å². The molecule has 2 aromatic rings. The molecule has 21 heavy (non-hydrogen) atoms. The molecule has 0 radical (unpaired) electrons. The second-order valence-corrected chi connectivity index (χ2v) is 5.85. The van der Waals surface area contributed by atoms with Crippen LogP contribution in [0.1, 0.15) is 18.1 Å². The summed E-state index contributed by atoms with van der Waals surface area (Å²) in [7, 11) is 2.06. The zero-order chi connectivity index (χ0) is 15.2. The fraction of sp³-hybridized carbons (Fsp3) is 0.294. The number of benzene rings is 2. The van der Waals surface area contributed by atoms with Crippen LogP contribution in [0, 0.1) is 0 Å². The third-order valence-electron chi connectivity index (χ3n) is 3.35. The summed E-state index contributed by atoms with van der Waals surface area (Å²) in [6.45, 7) is 4.64. The van der Waals surface area contributed by atoms with Crippen molar-refractivity contribution in [3.63, 3.8) is 0 Å². The van der Waals surface area contributed by atoms with E-state index in [0.29, 0.717) is 0 Å². The molecule has 2 nitrogen and oxygen atoms in total. The first-order valence-electron chi connectivity index (χ1n) is 7.05. The maximum absolute atomic E-state index is 6.40. The maximum Gasteiger partial charge on any atom is 0.0642 e. The maximum atomic E-state index is 6.40. The average Bonchev–Trinajstić information content (AvgIpc) is 2.47. The molecule has 0 amide bonds. The van der Waals surface area contributed by atoms with Gasteiger partial charge in [-0.25, -0.2) is 0 Å². The largest absolute Gasteiger partial charge is 0.369 e. The van der Waals surface area contributed by atoms with E-state index in [9.17, 15) is 0 Å². The van der Waals surface area contributed by atoms with Crippen molar-refractivity contribution in [3.8, 4) is 0 Å². The molecule has 2 aromatic carbocycles. The van der Waals surface area contributed by atoms with Gasteiger partial charge in [0.25, 0.3) is 0 Å². The van der Waals surface area contributed by atoms with Crippen LogP contribution in [-0.4, -0.2) is 13.6 Å². The monoisotopic (exact) mass is 322 g/mol. The number of nitrogens with one attached hydrogen (secondary N) is 1. The van der Waals surface area contributed by atoms with Gasteiger partial charge in [0.2, 0.25) is 0 Å². The first-order valence-corrected chi connectivity index (χ1v) is 7.81. The molecule has 1 N–H and O–H groups in total. The van der Waals surface area contributed by atoms with Crippen LogP contribution >= 0.6 is 23.2 Å². The van der Waals surface area contributed by atoms with Gasteiger partial charge in [0.1, 0.15) is 0 Å². The van der Waals surface area contributed by atoms with Crippen LogP contribution in [-0.2, 0) is 13.1 Å². The van der Waals surface area contributed by atoms with Gasteiger partial charge in [0, 0.05) is 25.2 Å². The molecule has 0 aliphatic carbocycles. The Morgan fingerprint density at radius 3 is 2.43 bits per heavy atom. The van der Waals surface area contributed by atoms with Crippen LogP contribution in [0.5, 0.6) is 0 Å². The van der Waals surface area contributed by atoms with Gasteiger partial charge in [-0.2, -0.15) is 0 Å². The molecule has 0 bridgehead atoms. The van der Waals surface area contributed by atoms with Crippen molar-refractivity contribution in [3.05, 3.63) is 63.6 Å². The Hall–Kier alpha value is -1.22. The molecule has 0 aliphatic rings. The molecular formula is C17H20Cl2N2. The standard InChI is InChI=1S/C17H20Cl2N2/c1-3-20-11-14-5-4-6-16(19)17(14)21(2)12-13-7-9-15(18)10-8-13/h4-10,20H,3,11-12H2,1-2H3. The lowest BCUT2D eigenvalue weighted by Crippen LogP contribution is -2.21. The van der Waals surface area contributed by atoms with Gasteiger partial charge in [-0.1, -0.05) is 54.4 Å². The second-order valence-electron chi connectivity index (χ2n) is 5.01. The van der Waals surface area contributed by atoms with Crippen LogP contribution in [0.15, 0.2) is 42.5 Å². The van der Waals surface area contributed by atoms with Gasteiger partial charge < -0.3 is 10.2 Å². The van der Waals surface area contributed by atoms with E-state index in [1.54, 1.807) is 0 Å². The van der Waals surface area contributed by atoms with Gasteiger partial charge in [0.05, 0.1) is 10.7 Å². The summed E-state index contributed by atoms with van der Waals surface area (Å²) >= 11 is 12.3. The summed E-state index contributed by atoms with van der Waals surface area (Å²) in [6, 6.07) is 14.0. The summed E-state index contributed by atoms with van der Waals surface area (Å²) in [5, 5.41) is 4.89. The highest BCUT2D eigenvalue weighted by atomic mass is 35.5. The Morgan fingerprint density at radius 2 is 1.76 bits per heavy atom. The first-order chi connectivity index (χ1) is 10.1. The minimum atomic E-state index is 0.756. The summed E-state index contributed by atoms with van der Waals surface area (Å²) in [5.41, 5.74) is 3.49. The van der Waals surface area contributed by atoms with E-state index >= 15 is 0 Å². The van der Waals surface area contributed by atoms with Crippen LogP contribution in [0.2, 0.25) is 10.0 Å². The lowest BCUT2D eigenvalue weighted by Gasteiger charge is -2.24. The molecule has 0 fully saturated rings. The first kappa shape index (κ1) is 16.2. The van der Waals surface area contributed by atoms with E-state index in [1.165, 1.54) is 11.1 Å². The van der Waals surface area contributed by atoms with E-state index in [0.717, 1.165) is 35.4 Å². The van der Waals surface area contributed by atoms with Crippen molar-refractivity contribution in [2.24, 2.45) is 0 Å². The third-order valence-corrected chi connectivity index (χ3v) is 3.91. The molecule has 0 heterocycles. The summed E-state index contributed by atoms with van der Waals surface area (Å²) < 4.78 is 0. The molecule has 4 heteroatoms. The van der Waals surface area contributed by atoms with Crippen LogP contribution in [0.3, 0.4) is 0 Å². The quantitative estimate of drug-likeness (QED) is 0.826. The molecular weight excluding hydrogens is 303 g/mol. The van der Waals surface area contributed by atoms with Gasteiger partial charge in [-0.15, -0.1) is 0 Å². The van der Waals surface area contributed by atoms with Crippen LogP contribution in [0.4, 0.5) is 5.69 Å². The lowest BCUT2D eigenvalue weighted by atomic mass is 10.1. The SMILES string of the molecule is CCNCc1cccc(Cl)c1N(C)Cc1ccc(Cl)cc1. The van der Waals surface area contributed by atoms with Crippen molar-refractivity contribution in [1.29, 1.82) is 0 Å². The Morgan fingerprint density at radius 1 is 1.05 bits per heavy atom. The molecule has 112 valence electrons. The van der Waals surface area contributed by atoms with Crippen molar-refractivity contribution < 1.29 is 0 Å². The molecule has 0 aromatic heterocycles. The van der Waals surface area contributed by atoms with Crippen molar-refractivity contribution in [1.82, 2.24) is 5.32 Å². The fourth-order valence-electron chi connectivity index (χ4n) is 2.33. The highest BCUT2D eigenvalue weighted by Gasteiger charge is 2.12. The fourth-order valence-corrected chi connectivity index (χ4v) is 2.80. The lowest BCUT2D eigenvalue weighted by molar-refractivity contribution is 0.723. The van der Waals surface area contributed by atoms with Crippen molar-refractivity contribution >= 4 is 28.9 Å². The number of rotatable bonds is 6. The topological polar surface area (TPSA) is 15.3 Å². The normalized spacial score (nSPS) is 10.7. The predicted octanol–water partition coefficient (Wildman–Crippen LogP) is 4.74. The van der Waals surface area contributed by atoms with Gasteiger partial charge in [0.15, 0.2) is 0 Å². The van der Waals surface area contributed by atoms with Crippen LogP contribution in [0.25, 0.3) is 0 Å². The Balaban J connectivity index is 2.21. The summed E-state index contributed by atoms with van der Waals surface area (Å²) in [5.74, 6) is 0. The molecule has 0 saturated carbocycles. The van der Waals surface area contributed by atoms with Gasteiger partial charge >= 0.3 is 0 Å². The number of hydrogen-bond acceptors (Lipinski definition) is 2. The minimum Gasteiger partial charge on any atom is -0.369 e. The number of nitrogens with zero attached hydrogens (tertiary/aromatic N) is 1. The Kier molecular flexibility index (Phi) is 5.92. The Labute approximate surface area is 136 Å². The molecule has 0 unspecified atom stereocenters. The van der Waals surface area contributed by atoms with Gasteiger partial charge in [-0.05, 0) is 35.9 Å². The third kappa shape index (κ3) is 4.37. The smallest absolute Gasteiger partial charge is 0.0642 e. The molecule has 0 atom stereocenters. The predicted molar refractivity (Wildman–Crippen MR) is 92.4 cm³/mol. The van der Waals surface area contributed by atoms with E-state index in [-0.39, 0.29) is 0 Å². The molecule has 0 aliphatic heterocycles. The highest BCUT2D eigenvalue weighted by molar-refractivity contribution is 6.33. The highest BCUT2D eigenvalue weighted by Crippen LogP contribution is 2.30. The molecule has 0 saturated heterocycles. The Bertz CT molecular complexity index is 582. The number of halogens is 2. The van der Waals surface area contributed by atoms with Crippen LogP contribution < -0.4 is 10.2 Å². The van der Waals surface area contributed by atoms with E-state index < -0.39 is 0 Å². The van der Waals surface area contributed by atoms with E-state index in [4.69, 9.17) is 23.2 Å². The van der Waals surface area contributed by atoms with E-state index in [2.05, 4.69) is 30.3 Å². The molecule has 0 spiro atoms. The number of hydrogen-bond donors (Lipinski definition) is 1. The van der Waals surface area contributed by atoms with E-state index in [1.807, 2.05) is 36.4 Å².